The highest BCUT2D eigenvalue weighted by Crippen LogP contribution is 2.06. The van der Waals surface area contributed by atoms with Gasteiger partial charge in [0.15, 0.2) is 0 Å². The van der Waals surface area contributed by atoms with Crippen molar-refractivity contribution in [3.8, 4) is 0 Å². The molecule has 0 radical (unpaired) electrons. The van der Waals surface area contributed by atoms with Crippen molar-refractivity contribution < 1.29 is 19.1 Å². The standard InChI is InChI=1S/C13H18O2.C12H20O2/c1-2-3-4-8-11-15-13(14)12-9-6-5-7-10-12;1-10(2)6-5-7-11(3)8-9-14-12(4)13/h5-7,9-10H,2-4,8,11H2,1H3;6,8H,5,7,9H2,1-4H3. The fourth-order valence-corrected chi connectivity index (χ4v) is 2.34. The van der Waals surface area contributed by atoms with E-state index in [9.17, 15) is 9.59 Å². The molecule has 0 spiro atoms. The molecule has 0 heterocycles. The van der Waals surface area contributed by atoms with Crippen LogP contribution in [0.15, 0.2) is 53.6 Å². The molecule has 1 rings (SSSR count). The Bertz CT molecular complexity index is 625. The maximum atomic E-state index is 11.5. The first-order chi connectivity index (χ1) is 13.9. The van der Waals surface area contributed by atoms with Gasteiger partial charge in [-0.05, 0) is 58.2 Å². The van der Waals surface area contributed by atoms with Gasteiger partial charge in [-0.2, -0.15) is 0 Å². The molecule has 1 aromatic rings. The van der Waals surface area contributed by atoms with Crippen LogP contribution < -0.4 is 0 Å². The third kappa shape index (κ3) is 17.5. The normalized spacial score (nSPS) is 10.4. The Balaban J connectivity index is 0.000000543. The summed E-state index contributed by atoms with van der Waals surface area (Å²) in [5, 5.41) is 0. The predicted octanol–water partition coefficient (Wildman–Crippen LogP) is 6.67. The molecular weight excluding hydrogens is 364 g/mol. The van der Waals surface area contributed by atoms with Gasteiger partial charge in [0.2, 0.25) is 0 Å². The molecule has 0 N–H and O–H groups in total. The highest BCUT2D eigenvalue weighted by Gasteiger charge is 2.04. The van der Waals surface area contributed by atoms with Crippen LogP contribution in [0.25, 0.3) is 0 Å². The molecule has 4 nitrogen and oxygen atoms in total. The molecule has 0 fully saturated rings. The Morgan fingerprint density at radius 1 is 0.897 bits per heavy atom. The van der Waals surface area contributed by atoms with Crippen LogP contribution in [0.5, 0.6) is 0 Å². The Morgan fingerprint density at radius 2 is 1.59 bits per heavy atom. The number of esters is 2. The Labute approximate surface area is 177 Å². The quantitative estimate of drug-likeness (QED) is 0.236. The van der Waals surface area contributed by atoms with E-state index >= 15 is 0 Å². The van der Waals surface area contributed by atoms with Crippen LogP contribution in [0.2, 0.25) is 0 Å². The highest BCUT2D eigenvalue weighted by atomic mass is 16.5. The van der Waals surface area contributed by atoms with Gasteiger partial charge >= 0.3 is 11.9 Å². The molecule has 0 aliphatic rings. The number of ether oxygens (including phenoxy) is 2. The van der Waals surface area contributed by atoms with Crippen molar-refractivity contribution >= 4 is 11.9 Å². The van der Waals surface area contributed by atoms with Crippen LogP contribution in [0.4, 0.5) is 0 Å². The van der Waals surface area contributed by atoms with E-state index in [-0.39, 0.29) is 11.9 Å². The number of hydrogen-bond donors (Lipinski definition) is 0. The molecule has 0 atom stereocenters. The maximum Gasteiger partial charge on any atom is 0.338 e. The number of carbonyl (C=O) groups excluding carboxylic acids is 2. The monoisotopic (exact) mass is 402 g/mol. The third-order valence-electron chi connectivity index (χ3n) is 4.05. The first kappa shape index (κ1) is 26.6. The lowest BCUT2D eigenvalue weighted by Gasteiger charge is -2.03. The molecular formula is C25H38O4. The number of rotatable bonds is 11. The fraction of sp³-hybridized carbons (Fsp3) is 0.520. The van der Waals surface area contributed by atoms with Gasteiger partial charge in [-0.3, -0.25) is 4.79 Å². The van der Waals surface area contributed by atoms with Crippen molar-refractivity contribution in [2.75, 3.05) is 13.2 Å². The lowest BCUT2D eigenvalue weighted by atomic mass is 10.1. The van der Waals surface area contributed by atoms with E-state index in [1.807, 2.05) is 24.3 Å². The Kier molecular flexibility index (Phi) is 16.3. The average molecular weight is 403 g/mol. The maximum absolute atomic E-state index is 11.5. The van der Waals surface area contributed by atoms with Gasteiger partial charge in [0.25, 0.3) is 0 Å². The van der Waals surface area contributed by atoms with Crippen LogP contribution in [0.1, 0.15) is 83.5 Å². The zero-order valence-corrected chi connectivity index (χ0v) is 18.8. The molecule has 0 saturated carbocycles. The van der Waals surface area contributed by atoms with E-state index in [4.69, 9.17) is 9.47 Å². The van der Waals surface area contributed by atoms with Crippen LogP contribution in [-0.4, -0.2) is 25.2 Å². The number of allylic oxidation sites excluding steroid dienone is 3. The second-order valence-electron chi connectivity index (χ2n) is 7.24. The van der Waals surface area contributed by atoms with E-state index in [1.54, 1.807) is 12.1 Å². The van der Waals surface area contributed by atoms with E-state index in [2.05, 4.69) is 33.8 Å². The second kappa shape index (κ2) is 17.7. The predicted molar refractivity (Wildman–Crippen MR) is 120 cm³/mol. The molecule has 0 saturated heterocycles. The van der Waals surface area contributed by atoms with Crippen LogP contribution >= 0.6 is 0 Å². The number of benzene rings is 1. The Morgan fingerprint density at radius 3 is 2.17 bits per heavy atom. The molecule has 1 aromatic carbocycles. The van der Waals surface area contributed by atoms with Gasteiger partial charge in [-0.15, -0.1) is 0 Å². The molecule has 0 aliphatic carbocycles. The summed E-state index contributed by atoms with van der Waals surface area (Å²) in [7, 11) is 0. The first-order valence-corrected chi connectivity index (χ1v) is 10.5. The van der Waals surface area contributed by atoms with Crippen molar-refractivity contribution in [3.63, 3.8) is 0 Å². The first-order valence-electron chi connectivity index (χ1n) is 10.5. The number of carbonyl (C=O) groups is 2. The highest BCUT2D eigenvalue weighted by molar-refractivity contribution is 5.89. The van der Waals surface area contributed by atoms with Gasteiger partial charge in [-0.1, -0.05) is 61.6 Å². The lowest BCUT2D eigenvalue weighted by molar-refractivity contribution is -0.139. The molecule has 0 bridgehead atoms. The number of hydrogen-bond acceptors (Lipinski definition) is 4. The van der Waals surface area contributed by atoms with Crippen molar-refractivity contribution in [1.82, 2.24) is 0 Å². The SMILES string of the molecule is CC(=O)OCC=C(C)CCC=C(C)C.CCCCCCOC(=O)c1ccccc1. The molecule has 4 heteroatoms. The summed E-state index contributed by atoms with van der Waals surface area (Å²) in [5.74, 6) is -0.439. The second-order valence-corrected chi connectivity index (χ2v) is 7.24. The molecule has 29 heavy (non-hydrogen) atoms. The molecule has 0 amide bonds. The van der Waals surface area contributed by atoms with E-state index in [0.717, 1.165) is 25.7 Å². The average Bonchev–Trinajstić information content (AvgIpc) is 2.68. The van der Waals surface area contributed by atoms with E-state index in [1.165, 1.54) is 30.9 Å². The minimum atomic E-state index is -0.224. The van der Waals surface area contributed by atoms with Gasteiger partial charge < -0.3 is 9.47 Å². The zero-order valence-electron chi connectivity index (χ0n) is 18.8. The fourth-order valence-electron chi connectivity index (χ4n) is 2.34. The van der Waals surface area contributed by atoms with Crippen LogP contribution in [0, 0.1) is 0 Å². The van der Waals surface area contributed by atoms with Crippen LogP contribution in [-0.2, 0) is 14.3 Å². The van der Waals surface area contributed by atoms with Gasteiger partial charge in [-0.25, -0.2) is 4.79 Å². The largest absolute Gasteiger partial charge is 0.462 e. The van der Waals surface area contributed by atoms with E-state index in [0.29, 0.717) is 18.8 Å². The molecule has 0 aliphatic heterocycles. The van der Waals surface area contributed by atoms with Crippen LogP contribution in [0.3, 0.4) is 0 Å². The minimum Gasteiger partial charge on any atom is -0.462 e. The van der Waals surface area contributed by atoms with Crippen molar-refractivity contribution in [1.29, 1.82) is 0 Å². The van der Waals surface area contributed by atoms with Gasteiger partial charge in [0.1, 0.15) is 6.61 Å². The molecule has 0 aromatic heterocycles. The summed E-state index contributed by atoms with van der Waals surface area (Å²) in [5.41, 5.74) is 3.24. The topological polar surface area (TPSA) is 52.6 Å². The summed E-state index contributed by atoms with van der Waals surface area (Å²) in [6.07, 6.45) is 10.8. The minimum absolute atomic E-state index is 0.216. The zero-order chi connectivity index (χ0) is 21.9. The van der Waals surface area contributed by atoms with Crippen molar-refractivity contribution in [2.45, 2.75) is 73.1 Å². The third-order valence-corrected chi connectivity index (χ3v) is 4.05. The van der Waals surface area contributed by atoms with Gasteiger partial charge in [0.05, 0.1) is 12.2 Å². The summed E-state index contributed by atoms with van der Waals surface area (Å²) in [4.78, 5) is 21.9. The number of unbranched alkanes of at least 4 members (excludes halogenated alkanes) is 3. The summed E-state index contributed by atoms with van der Waals surface area (Å²) < 4.78 is 9.94. The lowest BCUT2D eigenvalue weighted by Crippen LogP contribution is -2.06. The molecule has 162 valence electrons. The van der Waals surface area contributed by atoms with Crippen molar-refractivity contribution in [3.05, 3.63) is 59.2 Å². The summed E-state index contributed by atoms with van der Waals surface area (Å²) >= 11 is 0. The smallest absolute Gasteiger partial charge is 0.338 e. The van der Waals surface area contributed by atoms with E-state index < -0.39 is 0 Å². The Hall–Kier alpha value is -2.36. The summed E-state index contributed by atoms with van der Waals surface area (Å²) in [6, 6.07) is 9.11. The van der Waals surface area contributed by atoms with Crippen molar-refractivity contribution in [2.24, 2.45) is 0 Å². The summed E-state index contributed by atoms with van der Waals surface area (Å²) in [6.45, 7) is 10.8. The molecule has 0 unspecified atom stereocenters. The van der Waals surface area contributed by atoms with Gasteiger partial charge in [0, 0.05) is 6.92 Å².